The van der Waals surface area contributed by atoms with Crippen LogP contribution in [-0.2, 0) is 11.3 Å². The Morgan fingerprint density at radius 2 is 1.90 bits per heavy atom. The second-order valence-corrected chi connectivity index (χ2v) is 7.96. The van der Waals surface area contributed by atoms with Gasteiger partial charge in [-0.3, -0.25) is 15.0 Å². The zero-order valence-corrected chi connectivity index (χ0v) is 20.8. The van der Waals surface area contributed by atoms with Gasteiger partial charge in [-0.25, -0.2) is 4.99 Å². The van der Waals surface area contributed by atoms with Crippen LogP contribution in [0.3, 0.4) is 0 Å². The van der Waals surface area contributed by atoms with Gasteiger partial charge in [-0.15, -0.1) is 24.0 Å². The molecule has 0 radical (unpaired) electrons. The lowest BCUT2D eigenvalue weighted by molar-refractivity contribution is -0.384. The third kappa shape index (κ3) is 9.13. The fourth-order valence-electron chi connectivity index (χ4n) is 3.50. The van der Waals surface area contributed by atoms with Crippen LogP contribution in [0.5, 0.6) is 0 Å². The van der Waals surface area contributed by atoms with Crippen LogP contribution in [0.4, 0.5) is 5.69 Å². The molecule has 0 spiro atoms. The second-order valence-electron chi connectivity index (χ2n) is 7.96. The highest BCUT2D eigenvalue weighted by Crippen LogP contribution is 2.13. The Morgan fingerprint density at radius 1 is 1.23 bits per heavy atom. The Labute approximate surface area is 197 Å². The van der Waals surface area contributed by atoms with Crippen LogP contribution in [-0.4, -0.2) is 60.2 Å². The van der Waals surface area contributed by atoms with Crippen molar-refractivity contribution in [2.75, 3.05) is 26.2 Å². The van der Waals surface area contributed by atoms with E-state index in [4.69, 9.17) is 4.74 Å². The van der Waals surface area contributed by atoms with Crippen molar-refractivity contribution in [1.29, 1.82) is 0 Å². The predicted molar refractivity (Wildman–Crippen MR) is 132 cm³/mol. The number of nitrogens with one attached hydrogen (secondary N) is 2. The predicted octanol–water partition coefficient (Wildman–Crippen LogP) is 3.55. The molecule has 0 aromatic heterocycles. The number of nitrogens with zero attached hydrogens (tertiary/aromatic N) is 3. The van der Waals surface area contributed by atoms with E-state index in [0.717, 1.165) is 50.6 Å². The number of guanidine groups is 1. The highest BCUT2D eigenvalue weighted by Gasteiger charge is 2.16. The van der Waals surface area contributed by atoms with Crippen LogP contribution in [0, 0.1) is 10.1 Å². The fraction of sp³-hybridized carbons (Fsp3) is 0.667. The maximum Gasteiger partial charge on any atom is 0.269 e. The standard InChI is InChI=1S/C21H35N5O3.HI/c1-16(2)25(17(3)4)12-11-22-21(24-15-20-6-5-13-29-20)23-14-18-7-9-19(10-8-18)26(27)28;/h7-10,16-17,20H,5-6,11-15H2,1-4H3,(H2,22,23,24);1H. The van der Waals surface area contributed by atoms with Gasteiger partial charge in [-0.2, -0.15) is 0 Å². The largest absolute Gasteiger partial charge is 0.376 e. The van der Waals surface area contributed by atoms with Crippen molar-refractivity contribution in [2.45, 2.75) is 65.3 Å². The molecular formula is C21H36IN5O3. The summed E-state index contributed by atoms with van der Waals surface area (Å²) >= 11 is 0. The quantitative estimate of drug-likeness (QED) is 0.157. The van der Waals surface area contributed by atoms with Crippen molar-refractivity contribution >= 4 is 35.6 Å². The normalized spacial score (nSPS) is 16.8. The number of ether oxygens (including phenoxy) is 1. The lowest BCUT2D eigenvalue weighted by Crippen LogP contribution is -2.46. The molecule has 30 heavy (non-hydrogen) atoms. The van der Waals surface area contributed by atoms with Gasteiger partial charge in [0.1, 0.15) is 0 Å². The van der Waals surface area contributed by atoms with E-state index in [2.05, 4.69) is 48.2 Å². The first-order valence-electron chi connectivity index (χ1n) is 10.5. The molecule has 1 aliphatic rings. The summed E-state index contributed by atoms with van der Waals surface area (Å²) < 4.78 is 5.69. The van der Waals surface area contributed by atoms with Crippen molar-refractivity contribution in [3.63, 3.8) is 0 Å². The minimum Gasteiger partial charge on any atom is -0.376 e. The van der Waals surface area contributed by atoms with Crippen LogP contribution in [0.2, 0.25) is 0 Å². The Morgan fingerprint density at radius 3 is 2.43 bits per heavy atom. The first-order chi connectivity index (χ1) is 13.9. The number of rotatable bonds is 10. The summed E-state index contributed by atoms with van der Waals surface area (Å²) in [4.78, 5) is 17.5. The summed E-state index contributed by atoms with van der Waals surface area (Å²) in [5.41, 5.74) is 1.02. The van der Waals surface area contributed by atoms with Crippen LogP contribution in [0.15, 0.2) is 29.3 Å². The first kappa shape index (κ1) is 26.6. The molecule has 0 aliphatic carbocycles. The SMILES string of the molecule is CC(C)N(CCNC(=NCc1ccc([N+](=O)[O-])cc1)NCC1CCCO1)C(C)C.I. The highest BCUT2D eigenvalue weighted by molar-refractivity contribution is 14.0. The number of hydrogen-bond acceptors (Lipinski definition) is 5. The van der Waals surface area contributed by atoms with Crippen molar-refractivity contribution in [1.82, 2.24) is 15.5 Å². The molecule has 0 saturated carbocycles. The summed E-state index contributed by atoms with van der Waals surface area (Å²) in [5.74, 6) is 0.742. The van der Waals surface area contributed by atoms with E-state index < -0.39 is 4.92 Å². The maximum atomic E-state index is 10.8. The van der Waals surface area contributed by atoms with Crippen molar-refractivity contribution in [3.05, 3.63) is 39.9 Å². The Balaban J connectivity index is 0.00000450. The molecule has 9 heteroatoms. The summed E-state index contributed by atoms with van der Waals surface area (Å²) in [6.07, 6.45) is 2.40. The van der Waals surface area contributed by atoms with Crippen LogP contribution >= 0.6 is 24.0 Å². The fourth-order valence-corrected chi connectivity index (χ4v) is 3.50. The summed E-state index contributed by atoms with van der Waals surface area (Å²) in [7, 11) is 0. The number of non-ortho nitro benzene ring substituents is 1. The molecule has 0 bridgehead atoms. The average Bonchev–Trinajstić information content (AvgIpc) is 3.19. The van der Waals surface area contributed by atoms with E-state index in [-0.39, 0.29) is 35.8 Å². The molecule has 1 fully saturated rings. The van der Waals surface area contributed by atoms with Gasteiger partial charge in [0.2, 0.25) is 0 Å². The van der Waals surface area contributed by atoms with Crippen molar-refractivity contribution in [3.8, 4) is 0 Å². The Hall–Kier alpha value is -1.46. The van der Waals surface area contributed by atoms with Gasteiger partial charge in [0.25, 0.3) is 5.69 Å². The van der Waals surface area contributed by atoms with E-state index in [0.29, 0.717) is 18.6 Å². The van der Waals surface area contributed by atoms with Gasteiger partial charge < -0.3 is 15.4 Å². The smallest absolute Gasteiger partial charge is 0.269 e. The zero-order chi connectivity index (χ0) is 21.2. The minimum atomic E-state index is -0.390. The maximum absolute atomic E-state index is 10.8. The Kier molecular flexibility index (Phi) is 12.2. The van der Waals surface area contributed by atoms with Gasteiger partial charge in [0.05, 0.1) is 17.6 Å². The number of hydrogen-bond donors (Lipinski definition) is 2. The highest BCUT2D eigenvalue weighted by atomic mass is 127. The molecule has 1 aromatic carbocycles. The number of benzene rings is 1. The van der Waals surface area contributed by atoms with Gasteiger partial charge >= 0.3 is 0 Å². The molecule has 0 amide bonds. The van der Waals surface area contributed by atoms with Gasteiger partial charge in [-0.05, 0) is 46.1 Å². The molecule has 2 rings (SSSR count). The van der Waals surface area contributed by atoms with Crippen molar-refractivity contribution in [2.24, 2.45) is 4.99 Å². The topological polar surface area (TPSA) is 92.0 Å². The first-order valence-corrected chi connectivity index (χ1v) is 10.5. The molecule has 170 valence electrons. The molecular weight excluding hydrogens is 497 g/mol. The summed E-state index contributed by atoms with van der Waals surface area (Å²) in [6, 6.07) is 7.49. The van der Waals surface area contributed by atoms with Gasteiger partial charge in [0, 0.05) is 50.5 Å². The minimum absolute atomic E-state index is 0. The number of halogens is 1. The van der Waals surface area contributed by atoms with E-state index in [1.165, 1.54) is 12.1 Å². The van der Waals surface area contributed by atoms with Crippen LogP contribution in [0.1, 0.15) is 46.1 Å². The van der Waals surface area contributed by atoms with Crippen LogP contribution < -0.4 is 10.6 Å². The average molecular weight is 533 g/mol. The molecule has 2 N–H and O–H groups in total. The summed E-state index contributed by atoms with van der Waals surface area (Å²) in [5, 5.41) is 17.6. The number of aliphatic imine (C=N–C) groups is 1. The third-order valence-corrected chi connectivity index (χ3v) is 5.08. The molecule has 1 atom stereocenters. The van der Waals surface area contributed by atoms with Crippen LogP contribution in [0.25, 0.3) is 0 Å². The number of nitro benzene ring substituents is 1. The zero-order valence-electron chi connectivity index (χ0n) is 18.5. The molecule has 1 unspecified atom stereocenters. The molecule has 1 aromatic rings. The Bertz CT molecular complexity index is 653. The third-order valence-electron chi connectivity index (χ3n) is 5.08. The molecule has 1 saturated heterocycles. The lowest BCUT2D eigenvalue weighted by atomic mass is 10.2. The van der Waals surface area contributed by atoms with Crippen molar-refractivity contribution < 1.29 is 9.66 Å². The van der Waals surface area contributed by atoms with E-state index in [9.17, 15) is 10.1 Å². The van der Waals surface area contributed by atoms with E-state index in [1.54, 1.807) is 12.1 Å². The molecule has 8 nitrogen and oxygen atoms in total. The second kappa shape index (κ2) is 13.8. The van der Waals surface area contributed by atoms with E-state index in [1.807, 2.05) is 0 Å². The molecule has 1 heterocycles. The van der Waals surface area contributed by atoms with Gasteiger partial charge in [0.15, 0.2) is 5.96 Å². The van der Waals surface area contributed by atoms with Gasteiger partial charge in [-0.1, -0.05) is 12.1 Å². The summed E-state index contributed by atoms with van der Waals surface area (Å²) in [6.45, 7) is 12.5. The molecule has 1 aliphatic heterocycles. The number of nitro groups is 1. The monoisotopic (exact) mass is 533 g/mol. The lowest BCUT2D eigenvalue weighted by Gasteiger charge is -2.30. The van der Waals surface area contributed by atoms with E-state index >= 15 is 0 Å².